The second-order valence-corrected chi connectivity index (χ2v) is 7.35. The number of carbonyl (C=O) groups is 1. The molecular weight excluding hydrogens is 340 g/mol. The first kappa shape index (κ1) is 17.9. The maximum atomic E-state index is 12.6. The molecule has 6 heteroatoms. The van der Waals surface area contributed by atoms with Crippen LogP contribution in [0.25, 0.3) is 0 Å². The van der Waals surface area contributed by atoms with Gasteiger partial charge in [0.15, 0.2) is 0 Å². The second-order valence-electron chi connectivity index (χ2n) is 7.35. The number of amides is 1. The van der Waals surface area contributed by atoms with Crippen LogP contribution in [0.15, 0.2) is 42.6 Å². The van der Waals surface area contributed by atoms with Crippen molar-refractivity contribution in [1.29, 1.82) is 0 Å². The lowest BCUT2D eigenvalue weighted by Crippen LogP contribution is -2.55. The number of likely N-dealkylation sites (tertiary alicyclic amines) is 1. The summed E-state index contributed by atoms with van der Waals surface area (Å²) in [7, 11) is 1.70. The van der Waals surface area contributed by atoms with E-state index in [2.05, 4.69) is 26.9 Å². The molecule has 1 aromatic heterocycles. The summed E-state index contributed by atoms with van der Waals surface area (Å²) in [4.78, 5) is 22.7. The Morgan fingerprint density at radius 2 is 1.85 bits per heavy atom. The van der Waals surface area contributed by atoms with Crippen LogP contribution in [0.5, 0.6) is 5.75 Å². The summed E-state index contributed by atoms with van der Waals surface area (Å²) >= 11 is 0. The van der Waals surface area contributed by atoms with E-state index < -0.39 is 0 Å². The van der Waals surface area contributed by atoms with Crippen molar-refractivity contribution >= 4 is 11.6 Å². The fraction of sp³-hybridized carbons (Fsp3) is 0.476. The first-order valence-electron chi connectivity index (χ1n) is 9.80. The van der Waals surface area contributed by atoms with Gasteiger partial charge in [0, 0.05) is 57.2 Å². The zero-order valence-electron chi connectivity index (χ0n) is 15.9. The molecule has 0 spiro atoms. The molecule has 1 aromatic carbocycles. The lowest BCUT2D eigenvalue weighted by atomic mass is 10.0. The van der Waals surface area contributed by atoms with Gasteiger partial charge in [0.1, 0.15) is 11.4 Å². The molecule has 1 N–H and O–H groups in total. The van der Waals surface area contributed by atoms with Crippen LogP contribution >= 0.6 is 0 Å². The normalized spacial score (nSPS) is 21.3. The lowest BCUT2D eigenvalue weighted by molar-refractivity contribution is 0.0559. The van der Waals surface area contributed by atoms with Gasteiger partial charge in [-0.3, -0.25) is 9.69 Å². The van der Waals surface area contributed by atoms with Crippen LogP contribution in [-0.2, 0) is 0 Å². The van der Waals surface area contributed by atoms with Gasteiger partial charge in [0.05, 0.1) is 7.11 Å². The molecule has 0 saturated carbocycles. The van der Waals surface area contributed by atoms with Crippen molar-refractivity contribution in [3.63, 3.8) is 0 Å². The summed E-state index contributed by atoms with van der Waals surface area (Å²) in [5.41, 5.74) is 1.95. The molecule has 1 atom stereocenters. The van der Waals surface area contributed by atoms with Crippen molar-refractivity contribution < 1.29 is 9.53 Å². The van der Waals surface area contributed by atoms with Crippen LogP contribution in [0.1, 0.15) is 23.3 Å². The van der Waals surface area contributed by atoms with Gasteiger partial charge in [-0.05, 0) is 49.2 Å². The summed E-state index contributed by atoms with van der Waals surface area (Å²) in [5.74, 6) is 1.02. The minimum Gasteiger partial charge on any atom is -0.497 e. The molecule has 3 heterocycles. The quantitative estimate of drug-likeness (QED) is 0.901. The molecule has 6 nitrogen and oxygen atoms in total. The first-order valence-corrected chi connectivity index (χ1v) is 9.80. The highest BCUT2D eigenvalue weighted by Crippen LogP contribution is 2.23. The molecule has 2 saturated heterocycles. The van der Waals surface area contributed by atoms with Gasteiger partial charge in [0.25, 0.3) is 5.91 Å². The number of anilines is 1. The number of H-pyrrole nitrogens is 1. The molecule has 27 heavy (non-hydrogen) atoms. The Labute approximate surface area is 160 Å². The van der Waals surface area contributed by atoms with Crippen LogP contribution in [0.3, 0.4) is 0 Å². The third-order valence-electron chi connectivity index (χ3n) is 5.78. The number of ether oxygens (including phenoxy) is 1. The molecule has 0 radical (unpaired) electrons. The van der Waals surface area contributed by atoms with E-state index >= 15 is 0 Å². The van der Waals surface area contributed by atoms with Crippen LogP contribution < -0.4 is 9.64 Å². The third kappa shape index (κ3) is 3.95. The van der Waals surface area contributed by atoms with Crippen molar-refractivity contribution in [3.8, 4) is 5.75 Å². The number of methoxy groups -OCH3 is 1. The molecular formula is C21H28N4O2. The number of aromatic amines is 1. The Morgan fingerprint density at radius 1 is 1.07 bits per heavy atom. The number of benzene rings is 1. The van der Waals surface area contributed by atoms with Crippen LogP contribution in [0, 0.1) is 0 Å². The van der Waals surface area contributed by atoms with Crippen LogP contribution in [0.4, 0.5) is 5.69 Å². The average molecular weight is 368 g/mol. The minimum absolute atomic E-state index is 0.126. The highest BCUT2D eigenvalue weighted by molar-refractivity contribution is 5.92. The molecule has 2 aromatic rings. The molecule has 2 aliphatic rings. The number of hydrogen-bond acceptors (Lipinski definition) is 4. The number of hydrogen-bond donors (Lipinski definition) is 1. The topological polar surface area (TPSA) is 51.8 Å². The smallest absolute Gasteiger partial charge is 0.270 e. The van der Waals surface area contributed by atoms with Gasteiger partial charge in [-0.25, -0.2) is 0 Å². The highest BCUT2D eigenvalue weighted by Gasteiger charge is 2.30. The Balaban J connectivity index is 1.33. The molecule has 0 aliphatic carbocycles. The van der Waals surface area contributed by atoms with Gasteiger partial charge in [-0.2, -0.15) is 0 Å². The van der Waals surface area contributed by atoms with E-state index in [-0.39, 0.29) is 5.91 Å². The van der Waals surface area contributed by atoms with Crippen LogP contribution in [-0.4, -0.2) is 73.1 Å². The zero-order chi connectivity index (χ0) is 18.6. The predicted molar refractivity (Wildman–Crippen MR) is 106 cm³/mol. The molecule has 4 rings (SSSR count). The Morgan fingerprint density at radius 3 is 2.52 bits per heavy atom. The maximum Gasteiger partial charge on any atom is 0.270 e. The number of rotatable bonds is 4. The van der Waals surface area contributed by atoms with Gasteiger partial charge >= 0.3 is 0 Å². The number of piperazine rings is 1. The first-order chi connectivity index (χ1) is 13.2. The molecule has 2 fully saturated rings. The van der Waals surface area contributed by atoms with Crippen molar-refractivity contribution in [2.75, 3.05) is 51.3 Å². The number of aromatic nitrogens is 1. The zero-order valence-corrected chi connectivity index (χ0v) is 15.9. The van der Waals surface area contributed by atoms with E-state index in [0.29, 0.717) is 11.7 Å². The second kappa shape index (κ2) is 8.05. The average Bonchev–Trinajstić information content (AvgIpc) is 3.28. The molecule has 2 aliphatic heterocycles. The SMILES string of the molecule is COc1ccc(N2CCN([C@@H]3CCCN(C(=O)c4ccc[nH]4)C3)CC2)cc1. The Hall–Kier alpha value is -2.47. The minimum atomic E-state index is 0.126. The predicted octanol–water partition coefficient (Wildman–Crippen LogP) is 2.45. The largest absolute Gasteiger partial charge is 0.497 e. The van der Waals surface area contributed by atoms with Crippen molar-refractivity contribution in [3.05, 3.63) is 48.3 Å². The fourth-order valence-corrected chi connectivity index (χ4v) is 4.21. The summed E-state index contributed by atoms with van der Waals surface area (Å²) in [6.45, 7) is 5.82. The van der Waals surface area contributed by atoms with Crippen molar-refractivity contribution in [2.24, 2.45) is 0 Å². The van der Waals surface area contributed by atoms with Crippen LogP contribution in [0.2, 0.25) is 0 Å². The number of nitrogens with zero attached hydrogens (tertiary/aromatic N) is 3. The van der Waals surface area contributed by atoms with Crippen molar-refractivity contribution in [2.45, 2.75) is 18.9 Å². The number of carbonyl (C=O) groups excluding carboxylic acids is 1. The maximum absolute atomic E-state index is 12.6. The monoisotopic (exact) mass is 368 g/mol. The molecule has 144 valence electrons. The van der Waals surface area contributed by atoms with Gasteiger partial charge in [-0.1, -0.05) is 0 Å². The highest BCUT2D eigenvalue weighted by atomic mass is 16.5. The van der Waals surface area contributed by atoms with E-state index in [1.165, 1.54) is 12.1 Å². The van der Waals surface area contributed by atoms with Gasteiger partial charge in [0.2, 0.25) is 0 Å². The number of nitrogens with one attached hydrogen (secondary N) is 1. The standard InChI is InChI=1S/C21H28N4O2/c1-27-19-8-6-17(7-9-19)23-12-14-24(15-13-23)18-4-3-11-25(16-18)21(26)20-5-2-10-22-20/h2,5-10,18,22H,3-4,11-16H2,1H3/t18-/m1/s1. The molecule has 0 bridgehead atoms. The fourth-order valence-electron chi connectivity index (χ4n) is 4.21. The molecule has 1 amide bonds. The number of piperidine rings is 1. The molecule has 0 unspecified atom stereocenters. The van der Waals surface area contributed by atoms with E-state index in [4.69, 9.17) is 4.74 Å². The Bertz CT molecular complexity index is 736. The summed E-state index contributed by atoms with van der Waals surface area (Å²) in [6, 6.07) is 12.5. The summed E-state index contributed by atoms with van der Waals surface area (Å²) in [6.07, 6.45) is 4.07. The lowest BCUT2D eigenvalue weighted by Gasteiger charge is -2.43. The Kier molecular flexibility index (Phi) is 5.34. The van der Waals surface area contributed by atoms with Gasteiger partial charge in [-0.15, -0.1) is 0 Å². The van der Waals surface area contributed by atoms with Crippen molar-refractivity contribution in [1.82, 2.24) is 14.8 Å². The summed E-state index contributed by atoms with van der Waals surface area (Å²) < 4.78 is 5.25. The van der Waals surface area contributed by atoms with E-state index in [0.717, 1.165) is 51.4 Å². The van der Waals surface area contributed by atoms with Gasteiger partial charge < -0.3 is 19.5 Å². The van der Waals surface area contributed by atoms with E-state index in [1.54, 1.807) is 7.11 Å². The van der Waals surface area contributed by atoms with E-state index in [9.17, 15) is 4.79 Å². The third-order valence-corrected chi connectivity index (χ3v) is 5.78. The van der Waals surface area contributed by atoms with E-state index in [1.807, 2.05) is 35.4 Å². The summed E-state index contributed by atoms with van der Waals surface area (Å²) in [5, 5.41) is 0.